The molecule has 7 atom stereocenters. The Morgan fingerprint density at radius 3 is 2.30 bits per heavy atom. The van der Waals surface area contributed by atoms with Gasteiger partial charge in [0.15, 0.2) is 0 Å². The molecule has 1 aromatic rings. The van der Waals surface area contributed by atoms with Gasteiger partial charge in [-0.1, -0.05) is 95.6 Å². The molecule has 240 valence electrons. The van der Waals surface area contributed by atoms with Crippen molar-refractivity contribution >= 4 is 17.7 Å². The van der Waals surface area contributed by atoms with Crippen LogP contribution in [0.25, 0.3) is 0 Å². The van der Waals surface area contributed by atoms with Gasteiger partial charge < -0.3 is 9.57 Å². The van der Waals surface area contributed by atoms with Crippen LogP contribution in [-0.2, 0) is 25.8 Å². The number of esters is 1. The second-order valence-electron chi connectivity index (χ2n) is 17.3. The highest BCUT2D eigenvalue weighted by Gasteiger charge is 2.69. The molecule has 0 aromatic heterocycles. The number of fused-ring (bicyclic) bond motifs is 7. The average Bonchev–Trinajstić information content (AvgIpc) is 2.96. The molecule has 0 heterocycles. The highest BCUT2D eigenvalue weighted by molar-refractivity contribution is 5.91. The van der Waals surface area contributed by atoms with Crippen LogP contribution >= 0.6 is 0 Å². The molecule has 5 aliphatic carbocycles. The quantitative estimate of drug-likeness (QED) is 0.149. The molecular formula is C39H55NO4. The van der Waals surface area contributed by atoms with E-state index in [9.17, 15) is 9.59 Å². The fourth-order valence-electron chi connectivity index (χ4n) is 11.6. The monoisotopic (exact) mass is 601 g/mol. The summed E-state index contributed by atoms with van der Waals surface area (Å²) in [6, 6.07) is 10.1. The Hall–Kier alpha value is -2.43. The maximum atomic E-state index is 14.2. The summed E-state index contributed by atoms with van der Waals surface area (Å²) in [5, 5.41) is 4.39. The van der Waals surface area contributed by atoms with Gasteiger partial charge in [-0.25, -0.2) is 4.79 Å². The van der Waals surface area contributed by atoms with Crippen molar-refractivity contribution in [3.8, 4) is 0 Å². The average molecular weight is 602 g/mol. The van der Waals surface area contributed by atoms with Crippen LogP contribution in [0, 0.1) is 50.2 Å². The van der Waals surface area contributed by atoms with Crippen LogP contribution in [-0.4, -0.2) is 17.7 Å². The first-order valence-corrected chi connectivity index (χ1v) is 17.3. The minimum absolute atomic E-state index is 0.0291. The number of ether oxygens (including phenoxy) is 1. The van der Waals surface area contributed by atoms with Crippen molar-refractivity contribution in [2.75, 3.05) is 0 Å². The second-order valence-corrected chi connectivity index (χ2v) is 17.3. The molecule has 6 rings (SSSR count). The molecule has 0 aliphatic heterocycles. The standard InChI is InChI=1S/C39H55NO4/c1-26(41)44-40-32-17-18-36(6)30(35(32,4)5)16-19-38(8)31(36)15-14-28-29-24-34(2,3)20-22-39(29,23-21-37(28,38)7)33(42)43-25-27-12-10-9-11-13-27/h9-14,29-31H,15-25H2,1-8H3/b40-32+/t29-,30-,31+,36-,37+,38+,39-/m0/s1. The van der Waals surface area contributed by atoms with E-state index >= 15 is 0 Å². The third-order valence-corrected chi connectivity index (χ3v) is 14.3. The Kier molecular flexibility index (Phi) is 7.57. The number of hydrogen-bond acceptors (Lipinski definition) is 5. The Morgan fingerprint density at radius 1 is 0.886 bits per heavy atom. The largest absolute Gasteiger partial charge is 0.460 e. The van der Waals surface area contributed by atoms with Crippen molar-refractivity contribution in [1.82, 2.24) is 0 Å². The Morgan fingerprint density at radius 2 is 1.59 bits per heavy atom. The second kappa shape index (κ2) is 10.6. The van der Waals surface area contributed by atoms with Gasteiger partial charge in [-0.05, 0) is 109 Å². The summed E-state index contributed by atoms with van der Waals surface area (Å²) >= 11 is 0. The maximum Gasteiger partial charge on any atom is 0.331 e. The van der Waals surface area contributed by atoms with E-state index in [0.717, 1.165) is 69.1 Å². The van der Waals surface area contributed by atoms with Crippen LogP contribution in [0.5, 0.6) is 0 Å². The fraction of sp³-hybridized carbons (Fsp3) is 0.718. The summed E-state index contributed by atoms with van der Waals surface area (Å²) in [7, 11) is 0. The highest BCUT2D eigenvalue weighted by Crippen LogP contribution is 2.75. The third-order valence-electron chi connectivity index (χ3n) is 14.3. The van der Waals surface area contributed by atoms with Crippen LogP contribution in [0.2, 0.25) is 0 Å². The Balaban J connectivity index is 1.34. The summed E-state index contributed by atoms with van der Waals surface area (Å²) in [6.07, 6.45) is 13.0. The zero-order valence-electron chi connectivity index (χ0n) is 28.6. The number of nitrogens with zero attached hydrogens (tertiary/aromatic N) is 1. The zero-order chi connectivity index (χ0) is 31.8. The first kappa shape index (κ1) is 31.5. The highest BCUT2D eigenvalue weighted by atomic mass is 16.7. The summed E-state index contributed by atoms with van der Waals surface area (Å²) in [5.74, 6) is 0.965. The first-order chi connectivity index (χ1) is 20.6. The molecule has 0 spiro atoms. The molecule has 1 aromatic carbocycles. The number of rotatable bonds is 4. The predicted molar refractivity (Wildman–Crippen MR) is 174 cm³/mol. The smallest absolute Gasteiger partial charge is 0.331 e. The van der Waals surface area contributed by atoms with E-state index in [-0.39, 0.29) is 44.9 Å². The lowest BCUT2D eigenvalue weighted by molar-refractivity contribution is -0.184. The maximum absolute atomic E-state index is 14.2. The Bertz CT molecular complexity index is 1380. The van der Waals surface area contributed by atoms with Gasteiger partial charge in [-0.15, -0.1) is 0 Å². The lowest BCUT2D eigenvalue weighted by atomic mass is 9.33. The van der Waals surface area contributed by atoms with Crippen LogP contribution in [0.3, 0.4) is 0 Å². The minimum Gasteiger partial charge on any atom is -0.460 e. The number of allylic oxidation sites excluding steroid dienone is 2. The lowest BCUT2D eigenvalue weighted by Gasteiger charge is -2.70. The number of carbonyl (C=O) groups is 2. The van der Waals surface area contributed by atoms with Crippen LogP contribution in [0.4, 0.5) is 0 Å². The van der Waals surface area contributed by atoms with Gasteiger partial charge in [0.05, 0.1) is 11.1 Å². The topological polar surface area (TPSA) is 65.0 Å². The van der Waals surface area contributed by atoms with Crippen molar-refractivity contribution in [3.63, 3.8) is 0 Å². The summed E-state index contributed by atoms with van der Waals surface area (Å²) in [4.78, 5) is 31.0. The summed E-state index contributed by atoms with van der Waals surface area (Å²) in [6.45, 7) is 19.0. The van der Waals surface area contributed by atoms with Crippen LogP contribution in [0.15, 0.2) is 47.1 Å². The number of carbonyl (C=O) groups excluding carboxylic acids is 2. The number of hydrogen-bond donors (Lipinski definition) is 0. The first-order valence-electron chi connectivity index (χ1n) is 17.3. The summed E-state index contributed by atoms with van der Waals surface area (Å²) in [5.41, 5.74) is 3.72. The van der Waals surface area contributed by atoms with Crippen molar-refractivity contribution in [3.05, 3.63) is 47.5 Å². The molecule has 0 radical (unpaired) electrons. The van der Waals surface area contributed by atoms with E-state index < -0.39 is 5.41 Å². The van der Waals surface area contributed by atoms with E-state index in [1.165, 1.54) is 13.3 Å². The molecule has 0 saturated heterocycles. The van der Waals surface area contributed by atoms with E-state index in [0.29, 0.717) is 18.4 Å². The molecule has 0 N–H and O–H groups in total. The van der Waals surface area contributed by atoms with Crippen molar-refractivity contribution < 1.29 is 19.2 Å². The van der Waals surface area contributed by atoms with Gasteiger partial charge in [-0.2, -0.15) is 0 Å². The van der Waals surface area contributed by atoms with Gasteiger partial charge in [0.25, 0.3) is 0 Å². The molecule has 44 heavy (non-hydrogen) atoms. The van der Waals surface area contributed by atoms with E-state index in [2.05, 4.69) is 59.7 Å². The van der Waals surface area contributed by atoms with Gasteiger partial charge >= 0.3 is 11.9 Å². The van der Waals surface area contributed by atoms with Crippen molar-refractivity contribution in [1.29, 1.82) is 0 Å². The van der Waals surface area contributed by atoms with E-state index in [1.807, 2.05) is 30.3 Å². The van der Waals surface area contributed by atoms with Gasteiger partial charge in [-0.3, -0.25) is 4.79 Å². The van der Waals surface area contributed by atoms with Crippen LogP contribution in [0.1, 0.15) is 125 Å². The van der Waals surface area contributed by atoms with Gasteiger partial charge in [0.2, 0.25) is 0 Å². The third kappa shape index (κ3) is 4.65. The zero-order valence-corrected chi connectivity index (χ0v) is 28.6. The molecule has 5 nitrogen and oxygen atoms in total. The van der Waals surface area contributed by atoms with Gasteiger partial charge in [0.1, 0.15) is 6.61 Å². The SMILES string of the molecule is CC(=O)O/N=C1\CC[C@]2(C)[C@H]3CC=C4[C@@H]5CC(C)(C)CC[C@]5(C(=O)OCc5ccccc5)CC[C@@]4(C)[C@]3(C)CC[C@H]2C1(C)C. The van der Waals surface area contributed by atoms with Crippen molar-refractivity contribution in [2.24, 2.45) is 55.4 Å². The molecule has 4 saturated carbocycles. The molecular weight excluding hydrogens is 546 g/mol. The minimum atomic E-state index is -0.422. The number of oxime groups is 1. The molecule has 4 fully saturated rings. The van der Waals surface area contributed by atoms with Crippen LogP contribution < -0.4 is 0 Å². The van der Waals surface area contributed by atoms with Gasteiger partial charge in [0, 0.05) is 12.3 Å². The normalized spacial score (nSPS) is 41.2. The summed E-state index contributed by atoms with van der Waals surface area (Å²) < 4.78 is 6.19. The van der Waals surface area contributed by atoms with E-state index in [4.69, 9.17) is 9.57 Å². The fourth-order valence-corrected chi connectivity index (χ4v) is 11.6. The molecule has 0 amide bonds. The molecule has 5 heteroatoms. The molecule has 0 bridgehead atoms. The lowest BCUT2D eigenvalue weighted by Crippen LogP contribution is -2.64. The molecule has 5 aliphatic rings. The van der Waals surface area contributed by atoms with E-state index in [1.54, 1.807) is 5.57 Å². The number of benzene rings is 1. The molecule has 0 unspecified atom stereocenters. The predicted octanol–water partition coefficient (Wildman–Crippen LogP) is 9.45. The van der Waals surface area contributed by atoms with Crippen molar-refractivity contribution in [2.45, 2.75) is 126 Å². The Labute approximate surface area is 265 Å².